The van der Waals surface area contributed by atoms with E-state index < -0.39 is 27.8 Å². The lowest BCUT2D eigenvalue weighted by Crippen LogP contribution is -2.44. The summed E-state index contributed by atoms with van der Waals surface area (Å²) < 4.78 is 33.8. The normalized spacial score (nSPS) is 19.6. The molecule has 0 N–H and O–H groups in total. The van der Waals surface area contributed by atoms with Gasteiger partial charge >= 0.3 is 5.97 Å². The number of ether oxygens (including phenoxy) is 2. The summed E-state index contributed by atoms with van der Waals surface area (Å²) in [7, 11) is -1.55. The van der Waals surface area contributed by atoms with E-state index in [1.54, 1.807) is 24.3 Å². The number of hydrogen-bond acceptors (Lipinski definition) is 6. The monoisotopic (exact) mass is 383 g/mol. The van der Waals surface area contributed by atoms with Gasteiger partial charge in [0.15, 0.2) is 15.9 Å². The fourth-order valence-corrected chi connectivity index (χ4v) is 4.51. The summed E-state index contributed by atoms with van der Waals surface area (Å²) in [6.45, 7) is 4.08. The lowest BCUT2D eigenvalue weighted by Gasteiger charge is -2.26. The van der Waals surface area contributed by atoms with Gasteiger partial charge in [-0.05, 0) is 44.0 Å². The van der Waals surface area contributed by atoms with Crippen molar-refractivity contribution in [3.05, 3.63) is 29.8 Å². The molecule has 1 aromatic rings. The first-order valence-electron chi connectivity index (χ1n) is 8.64. The molecule has 0 spiro atoms. The van der Waals surface area contributed by atoms with Gasteiger partial charge in [-0.3, -0.25) is 4.79 Å². The molecule has 1 aliphatic rings. The third-order valence-electron chi connectivity index (χ3n) is 4.30. The molecule has 2 atom stereocenters. The van der Waals surface area contributed by atoms with Crippen molar-refractivity contribution in [2.45, 2.75) is 38.8 Å². The van der Waals surface area contributed by atoms with Gasteiger partial charge < -0.3 is 14.4 Å². The minimum Gasteiger partial charge on any atom is -0.494 e. The van der Waals surface area contributed by atoms with Crippen LogP contribution in [-0.2, 0) is 19.4 Å². The highest BCUT2D eigenvalue weighted by atomic mass is 32.2. The Balaban J connectivity index is 1.92. The Bertz CT molecular complexity index is 743. The van der Waals surface area contributed by atoms with Gasteiger partial charge in [-0.1, -0.05) is 6.92 Å². The van der Waals surface area contributed by atoms with Crippen molar-refractivity contribution in [1.82, 2.24) is 4.90 Å². The Hall–Kier alpha value is -2.09. The van der Waals surface area contributed by atoms with Gasteiger partial charge in [0.05, 0.1) is 23.7 Å². The standard InChI is InChI=1S/C18H25NO6S/c1-4-10-24-16-7-5-14(6-8-16)18(21)25-13(2)17(20)19(3)15-9-11-26(22,23)12-15/h5-8,13,15H,4,9-12H2,1-3H3. The number of rotatable bonds is 7. The van der Waals surface area contributed by atoms with E-state index >= 15 is 0 Å². The predicted octanol–water partition coefficient (Wildman–Crippen LogP) is 1.67. The van der Waals surface area contributed by atoms with Crippen LogP contribution in [0.4, 0.5) is 0 Å². The molecule has 26 heavy (non-hydrogen) atoms. The van der Waals surface area contributed by atoms with Crippen LogP contribution in [0.5, 0.6) is 5.75 Å². The van der Waals surface area contributed by atoms with E-state index in [1.807, 2.05) is 6.92 Å². The first kappa shape index (κ1) is 20.2. The number of hydrogen-bond donors (Lipinski definition) is 0. The zero-order chi connectivity index (χ0) is 19.3. The molecule has 1 saturated heterocycles. The highest BCUT2D eigenvalue weighted by molar-refractivity contribution is 7.91. The van der Waals surface area contributed by atoms with E-state index in [9.17, 15) is 18.0 Å². The maximum atomic E-state index is 12.4. The molecule has 0 aliphatic carbocycles. The second kappa shape index (κ2) is 8.53. The van der Waals surface area contributed by atoms with Crippen molar-refractivity contribution in [1.29, 1.82) is 0 Å². The molecule has 2 rings (SSSR count). The number of esters is 1. The van der Waals surface area contributed by atoms with Gasteiger partial charge in [-0.25, -0.2) is 13.2 Å². The molecule has 2 unspecified atom stereocenters. The largest absolute Gasteiger partial charge is 0.494 e. The average Bonchev–Trinajstić information content (AvgIpc) is 2.98. The molecular weight excluding hydrogens is 358 g/mol. The van der Waals surface area contributed by atoms with E-state index in [4.69, 9.17) is 9.47 Å². The van der Waals surface area contributed by atoms with Gasteiger partial charge in [0.2, 0.25) is 0 Å². The van der Waals surface area contributed by atoms with Crippen molar-refractivity contribution in [2.24, 2.45) is 0 Å². The third-order valence-corrected chi connectivity index (χ3v) is 6.05. The molecule has 0 radical (unpaired) electrons. The Morgan fingerprint density at radius 2 is 1.92 bits per heavy atom. The quantitative estimate of drug-likeness (QED) is 0.665. The van der Waals surface area contributed by atoms with E-state index in [2.05, 4.69) is 0 Å². The smallest absolute Gasteiger partial charge is 0.338 e. The molecule has 1 aromatic carbocycles. The van der Waals surface area contributed by atoms with Crippen LogP contribution in [0.15, 0.2) is 24.3 Å². The second-order valence-corrected chi connectivity index (χ2v) is 8.66. The Kier molecular flexibility index (Phi) is 6.63. The van der Waals surface area contributed by atoms with E-state index in [0.29, 0.717) is 24.3 Å². The lowest BCUT2D eigenvalue weighted by molar-refractivity contribution is -0.140. The van der Waals surface area contributed by atoms with Gasteiger partial charge in [0.1, 0.15) is 5.75 Å². The maximum absolute atomic E-state index is 12.4. The van der Waals surface area contributed by atoms with Gasteiger partial charge in [-0.2, -0.15) is 0 Å². The van der Waals surface area contributed by atoms with Crippen molar-refractivity contribution in [3.8, 4) is 5.75 Å². The Morgan fingerprint density at radius 3 is 2.46 bits per heavy atom. The van der Waals surface area contributed by atoms with Crippen molar-refractivity contribution < 1.29 is 27.5 Å². The summed E-state index contributed by atoms with van der Waals surface area (Å²) in [5.41, 5.74) is 0.319. The Morgan fingerprint density at radius 1 is 1.27 bits per heavy atom. The van der Waals surface area contributed by atoms with E-state index in [1.165, 1.54) is 18.9 Å². The van der Waals surface area contributed by atoms with Crippen molar-refractivity contribution >= 4 is 21.7 Å². The highest BCUT2D eigenvalue weighted by Gasteiger charge is 2.35. The van der Waals surface area contributed by atoms with E-state index in [0.717, 1.165) is 6.42 Å². The zero-order valence-corrected chi connectivity index (χ0v) is 16.1. The van der Waals surface area contributed by atoms with Gasteiger partial charge in [0, 0.05) is 13.1 Å². The maximum Gasteiger partial charge on any atom is 0.338 e. The third kappa shape index (κ3) is 5.20. The van der Waals surface area contributed by atoms with Crippen LogP contribution < -0.4 is 4.74 Å². The molecular formula is C18H25NO6S. The van der Waals surface area contributed by atoms with Crippen LogP contribution in [0, 0.1) is 0 Å². The molecule has 144 valence electrons. The number of amides is 1. The van der Waals surface area contributed by atoms with Crippen LogP contribution >= 0.6 is 0 Å². The first-order valence-corrected chi connectivity index (χ1v) is 10.5. The summed E-state index contributed by atoms with van der Waals surface area (Å²) in [6.07, 6.45) is 0.302. The second-order valence-electron chi connectivity index (χ2n) is 6.43. The molecule has 1 aliphatic heterocycles. The number of carbonyl (C=O) groups is 2. The fourth-order valence-electron chi connectivity index (χ4n) is 2.73. The first-order chi connectivity index (χ1) is 12.2. The van der Waals surface area contributed by atoms with Crippen LogP contribution in [-0.4, -0.2) is 62.5 Å². The highest BCUT2D eigenvalue weighted by Crippen LogP contribution is 2.18. The summed E-state index contributed by atoms with van der Waals surface area (Å²) in [4.78, 5) is 26.0. The summed E-state index contributed by atoms with van der Waals surface area (Å²) in [5, 5.41) is 0. The number of benzene rings is 1. The fraction of sp³-hybridized carbons (Fsp3) is 0.556. The average molecular weight is 383 g/mol. The van der Waals surface area contributed by atoms with Crippen molar-refractivity contribution in [2.75, 3.05) is 25.2 Å². The van der Waals surface area contributed by atoms with Gasteiger partial charge in [0.25, 0.3) is 5.91 Å². The van der Waals surface area contributed by atoms with Crippen LogP contribution in [0.1, 0.15) is 37.0 Å². The van der Waals surface area contributed by atoms with Crippen LogP contribution in [0.25, 0.3) is 0 Å². The zero-order valence-electron chi connectivity index (χ0n) is 15.3. The van der Waals surface area contributed by atoms with Crippen molar-refractivity contribution in [3.63, 3.8) is 0 Å². The molecule has 1 heterocycles. The number of carbonyl (C=O) groups excluding carboxylic acids is 2. The summed E-state index contributed by atoms with van der Waals surface area (Å²) in [5.74, 6) is -0.330. The minimum absolute atomic E-state index is 0.0465. The molecule has 0 saturated carbocycles. The number of sulfone groups is 1. The topological polar surface area (TPSA) is 90.0 Å². The SMILES string of the molecule is CCCOc1ccc(C(=O)OC(C)C(=O)N(C)C2CCS(=O)(=O)C2)cc1. The summed E-state index contributed by atoms with van der Waals surface area (Å²) in [6, 6.07) is 6.14. The van der Waals surface area contributed by atoms with E-state index in [-0.39, 0.29) is 17.5 Å². The Labute approximate surface area is 154 Å². The van der Waals surface area contributed by atoms with Crippen LogP contribution in [0.3, 0.4) is 0 Å². The van der Waals surface area contributed by atoms with Crippen LogP contribution in [0.2, 0.25) is 0 Å². The molecule has 8 heteroatoms. The minimum atomic E-state index is -3.09. The molecule has 1 amide bonds. The predicted molar refractivity (Wildman–Crippen MR) is 96.9 cm³/mol. The number of likely N-dealkylation sites (N-methyl/N-ethyl adjacent to an activating group) is 1. The molecule has 7 nitrogen and oxygen atoms in total. The van der Waals surface area contributed by atoms with Gasteiger partial charge in [-0.15, -0.1) is 0 Å². The number of nitrogens with zero attached hydrogens (tertiary/aromatic N) is 1. The molecule has 1 fully saturated rings. The summed E-state index contributed by atoms with van der Waals surface area (Å²) >= 11 is 0. The lowest BCUT2D eigenvalue weighted by atomic mass is 10.2. The molecule has 0 aromatic heterocycles. The molecule has 0 bridgehead atoms.